The first-order valence-corrected chi connectivity index (χ1v) is 9.73. The molecule has 26 heavy (non-hydrogen) atoms. The number of para-hydroxylation sites is 1. The van der Waals surface area contributed by atoms with E-state index in [-0.39, 0.29) is 4.90 Å². The lowest BCUT2D eigenvalue weighted by molar-refractivity contribution is 0.589. The van der Waals surface area contributed by atoms with Crippen molar-refractivity contribution < 1.29 is 12.8 Å². The van der Waals surface area contributed by atoms with Crippen LogP contribution in [0, 0.1) is 6.92 Å². The van der Waals surface area contributed by atoms with Crippen molar-refractivity contribution in [2.24, 2.45) is 0 Å². The zero-order valence-corrected chi connectivity index (χ0v) is 14.8. The third-order valence-corrected chi connectivity index (χ3v) is 6.43. The van der Waals surface area contributed by atoms with Gasteiger partial charge >= 0.3 is 0 Å². The molecule has 0 spiro atoms. The summed E-state index contributed by atoms with van der Waals surface area (Å²) in [4.78, 5) is 0.276. The maximum absolute atomic E-state index is 13.1. The van der Waals surface area contributed by atoms with Crippen molar-refractivity contribution in [3.8, 4) is 0 Å². The van der Waals surface area contributed by atoms with Gasteiger partial charge in [-0.05, 0) is 43.3 Å². The van der Waals surface area contributed by atoms with E-state index in [0.717, 1.165) is 32.9 Å². The summed E-state index contributed by atoms with van der Waals surface area (Å²) >= 11 is 0. The van der Waals surface area contributed by atoms with Gasteiger partial charge in [-0.25, -0.2) is 12.4 Å². The van der Waals surface area contributed by atoms with Crippen LogP contribution in [0.25, 0.3) is 32.8 Å². The minimum absolute atomic E-state index is 0.276. The Labute approximate surface area is 150 Å². The molecule has 0 fully saturated rings. The first kappa shape index (κ1) is 15.2. The van der Waals surface area contributed by atoms with Gasteiger partial charge in [0.1, 0.15) is 11.2 Å². The van der Waals surface area contributed by atoms with E-state index in [1.807, 2.05) is 43.3 Å². The molecule has 0 amide bonds. The number of furan rings is 1. The van der Waals surface area contributed by atoms with Crippen LogP contribution in [0.1, 0.15) is 5.56 Å². The van der Waals surface area contributed by atoms with Crippen molar-refractivity contribution in [3.63, 3.8) is 0 Å². The second kappa shape index (κ2) is 5.22. The van der Waals surface area contributed by atoms with Crippen LogP contribution in [0.4, 0.5) is 0 Å². The largest absolute Gasteiger partial charge is 0.456 e. The zero-order chi connectivity index (χ0) is 17.9. The van der Waals surface area contributed by atoms with E-state index in [0.29, 0.717) is 5.52 Å². The van der Waals surface area contributed by atoms with Gasteiger partial charge in [0.05, 0.1) is 10.4 Å². The van der Waals surface area contributed by atoms with E-state index in [9.17, 15) is 8.42 Å². The van der Waals surface area contributed by atoms with E-state index in [1.165, 1.54) is 3.97 Å². The normalized spacial score (nSPS) is 12.3. The molecule has 3 aromatic carbocycles. The third kappa shape index (κ3) is 2.10. The fraction of sp³-hybridized carbons (Fsp3) is 0.0476. The first-order valence-electron chi connectivity index (χ1n) is 8.29. The molecule has 5 heteroatoms. The fourth-order valence-corrected chi connectivity index (χ4v) is 4.71. The Morgan fingerprint density at radius 3 is 2.42 bits per heavy atom. The second-order valence-corrected chi connectivity index (χ2v) is 8.25. The van der Waals surface area contributed by atoms with Crippen molar-refractivity contribution in [2.75, 3.05) is 0 Å². The fourth-order valence-electron chi connectivity index (χ4n) is 3.36. The molecule has 0 aliphatic heterocycles. The number of hydrogen-bond donors (Lipinski definition) is 0. The predicted molar refractivity (Wildman–Crippen MR) is 103 cm³/mol. The summed E-state index contributed by atoms with van der Waals surface area (Å²) in [5.41, 5.74) is 3.21. The lowest BCUT2D eigenvalue weighted by Crippen LogP contribution is -2.11. The maximum Gasteiger partial charge on any atom is 0.268 e. The quantitative estimate of drug-likeness (QED) is 0.440. The van der Waals surface area contributed by atoms with Crippen LogP contribution in [0.15, 0.2) is 82.2 Å². The average molecular weight is 361 g/mol. The Bertz CT molecular complexity index is 1390. The SMILES string of the molecule is Cc1ccc(S(=O)(=O)n2ccc3cc4oc5ccccc5c4cc32)cc1. The van der Waals surface area contributed by atoms with Crippen molar-refractivity contribution >= 4 is 42.9 Å². The minimum atomic E-state index is -3.66. The van der Waals surface area contributed by atoms with E-state index in [2.05, 4.69) is 0 Å². The predicted octanol–water partition coefficient (Wildman–Crippen LogP) is 5.09. The molecule has 2 heterocycles. The van der Waals surface area contributed by atoms with Gasteiger partial charge in [-0.15, -0.1) is 0 Å². The first-order chi connectivity index (χ1) is 12.5. The summed E-state index contributed by atoms with van der Waals surface area (Å²) < 4.78 is 33.4. The summed E-state index contributed by atoms with van der Waals surface area (Å²) in [6.45, 7) is 1.93. The monoisotopic (exact) mass is 361 g/mol. The van der Waals surface area contributed by atoms with Gasteiger partial charge in [0, 0.05) is 22.4 Å². The lowest BCUT2D eigenvalue weighted by atomic mass is 10.1. The van der Waals surface area contributed by atoms with Crippen molar-refractivity contribution in [1.82, 2.24) is 3.97 Å². The molecule has 0 aliphatic rings. The molecule has 0 saturated carbocycles. The van der Waals surface area contributed by atoms with E-state index in [1.54, 1.807) is 36.5 Å². The Kier molecular flexibility index (Phi) is 3.06. The smallest absolute Gasteiger partial charge is 0.268 e. The van der Waals surface area contributed by atoms with Crippen LogP contribution in [-0.4, -0.2) is 12.4 Å². The van der Waals surface area contributed by atoms with Crippen LogP contribution in [-0.2, 0) is 10.0 Å². The Hall–Kier alpha value is -3.05. The van der Waals surface area contributed by atoms with Gasteiger partial charge in [0.15, 0.2) is 0 Å². The molecule has 0 bridgehead atoms. The number of fused-ring (bicyclic) bond motifs is 4. The summed E-state index contributed by atoms with van der Waals surface area (Å²) in [5, 5.41) is 2.71. The van der Waals surface area contributed by atoms with Crippen LogP contribution in [0.2, 0.25) is 0 Å². The van der Waals surface area contributed by atoms with Crippen LogP contribution in [0.3, 0.4) is 0 Å². The molecule has 2 aromatic heterocycles. The van der Waals surface area contributed by atoms with E-state index >= 15 is 0 Å². The highest BCUT2D eigenvalue weighted by Gasteiger charge is 2.20. The molecular weight excluding hydrogens is 346 g/mol. The average Bonchev–Trinajstić information content (AvgIpc) is 3.21. The Balaban J connectivity index is 1.80. The van der Waals surface area contributed by atoms with Gasteiger partial charge in [-0.1, -0.05) is 35.9 Å². The molecule has 0 radical (unpaired) electrons. The summed E-state index contributed by atoms with van der Waals surface area (Å²) in [7, 11) is -3.66. The number of aromatic nitrogens is 1. The molecule has 5 aromatic rings. The van der Waals surface area contributed by atoms with Crippen molar-refractivity contribution in [2.45, 2.75) is 11.8 Å². The summed E-state index contributed by atoms with van der Waals surface area (Å²) in [6.07, 6.45) is 1.60. The third-order valence-electron chi connectivity index (χ3n) is 4.73. The highest BCUT2D eigenvalue weighted by atomic mass is 32.2. The molecule has 5 rings (SSSR count). The van der Waals surface area contributed by atoms with E-state index < -0.39 is 10.0 Å². The molecule has 0 unspecified atom stereocenters. The molecule has 0 atom stereocenters. The number of benzene rings is 3. The van der Waals surface area contributed by atoms with Gasteiger partial charge in [0.25, 0.3) is 10.0 Å². The Morgan fingerprint density at radius 2 is 1.62 bits per heavy atom. The van der Waals surface area contributed by atoms with Gasteiger partial charge < -0.3 is 4.42 Å². The molecule has 4 nitrogen and oxygen atoms in total. The minimum Gasteiger partial charge on any atom is -0.456 e. The van der Waals surface area contributed by atoms with Crippen molar-refractivity contribution in [3.05, 3.63) is 78.5 Å². The molecule has 0 aliphatic carbocycles. The number of rotatable bonds is 2. The number of hydrogen-bond acceptors (Lipinski definition) is 3. The van der Waals surface area contributed by atoms with Gasteiger partial charge in [0.2, 0.25) is 0 Å². The Morgan fingerprint density at radius 1 is 0.846 bits per heavy atom. The molecule has 128 valence electrons. The molecule has 0 saturated heterocycles. The standard InChI is InChI=1S/C21H15NO3S/c1-14-6-8-16(9-7-14)26(23,24)22-11-10-15-12-21-18(13-19(15)22)17-4-2-3-5-20(17)25-21/h2-13H,1H3. The molecule has 0 N–H and O–H groups in total. The van der Waals surface area contributed by atoms with Crippen molar-refractivity contribution in [1.29, 1.82) is 0 Å². The summed E-state index contributed by atoms with van der Waals surface area (Å²) in [6, 6.07) is 20.2. The van der Waals surface area contributed by atoms with Crippen LogP contribution >= 0.6 is 0 Å². The number of nitrogens with zero attached hydrogens (tertiary/aromatic N) is 1. The van der Waals surface area contributed by atoms with Crippen LogP contribution in [0.5, 0.6) is 0 Å². The topological polar surface area (TPSA) is 52.2 Å². The number of aryl methyl sites for hydroxylation is 1. The summed E-state index contributed by atoms with van der Waals surface area (Å²) in [5.74, 6) is 0. The maximum atomic E-state index is 13.1. The highest BCUT2D eigenvalue weighted by Crippen LogP contribution is 2.33. The molecular formula is C21H15NO3S. The van der Waals surface area contributed by atoms with Gasteiger partial charge in [-0.3, -0.25) is 0 Å². The van der Waals surface area contributed by atoms with E-state index in [4.69, 9.17) is 4.42 Å². The second-order valence-electron chi connectivity index (χ2n) is 6.44. The van der Waals surface area contributed by atoms with Gasteiger partial charge in [-0.2, -0.15) is 0 Å². The lowest BCUT2D eigenvalue weighted by Gasteiger charge is -2.08. The highest BCUT2D eigenvalue weighted by molar-refractivity contribution is 7.90. The van der Waals surface area contributed by atoms with Crippen LogP contribution < -0.4 is 0 Å². The zero-order valence-electron chi connectivity index (χ0n) is 14.0.